The monoisotopic (exact) mass is 333 g/mol. The third-order valence-corrected chi connectivity index (χ3v) is 4.41. The van der Waals surface area contributed by atoms with Crippen LogP contribution in [-0.2, 0) is 11.2 Å². The molecule has 0 aromatic heterocycles. The first-order valence-corrected chi connectivity index (χ1v) is 8.64. The second-order valence-electron chi connectivity index (χ2n) is 6.19. The number of benzene rings is 3. The first kappa shape index (κ1) is 17.0. The molecule has 3 nitrogen and oxygen atoms in total. The van der Waals surface area contributed by atoms with Gasteiger partial charge in [-0.1, -0.05) is 61.5 Å². The van der Waals surface area contributed by atoms with E-state index in [1.807, 2.05) is 67.6 Å². The quantitative estimate of drug-likeness (QED) is 0.704. The van der Waals surface area contributed by atoms with Crippen molar-refractivity contribution in [1.82, 2.24) is 0 Å². The molecule has 0 saturated carbocycles. The molecule has 3 aromatic carbocycles. The maximum Gasteiger partial charge on any atom is 0.265 e. The lowest BCUT2D eigenvalue weighted by atomic mass is 10.1. The predicted octanol–water partition coefficient (Wildman–Crippen LogP) is 5.12. The summed E-state index contributed by atoms with van der Waals surface area (Å²) in [6.45, 7) is 5.87. The van der Waals surface area contributed by atoms with Crippen molar-refractivity contribution in [3.05, 3.63) is 71.8 Å². The third-order valence-electron chi connectivity index (χ3n) is 4.41. The molecule has 1 amide bonds. The number of anilines is 1. The molecular formula is C22H23NO2. The Morgan fingerprint density at radius 3 is 2.56 bits per heavy atom. The average Bonchev–Trinajstić information content (AvgIpc) is 2.63. The van der Waals surface area contributed by atoms with Crippen LogP contribution < -0.4 is 10.1 Å². The predicted molar refractivity (Wildman–Crippen MR) is 103 cm³/mol. The Morgan fingerprint density at radius 1 is 1.04 bits per heavy atom. The SMILES string of the molecule is CCc1cccc(C)c1NC(=O)C(C)Oc1cccc2ccccc12. The number of aryl methyl sites for hydroxylation is 2. The van der Waals surface area contributed by atoms with E-state index in [-0.39, 0.29) is 5.91 Å². The standard InChI is InChI=1S/C22H23NO2/c1-4-17-11-7-9-15(2)21(17)23-22(24)16(3)25-20-14-8-12-18-10-5-6-13-19(18)20/h5-14,16H,4H2,1-3H3,(H,23,24). The normalized spacial score (nSPS) is 12.0. The lowest BCUT2D eigenvalue weighted by Gasteiger charge is -2.18. The van der Waals surface area contributed by atoms with Gasteiger partial charge in [-0.25, -0.2) is 0 Å². The zero-order chi connectivity index (χ0) is 17.8. The first-order chi connectivity index (χ1) is 12.1. The summed E-state index contributed by atoms with van der Waals surface area (Å²) in [7, 11) is 0. The Kier molecular flexibility index (Phi) is 5.03. The fourth-order valence-corrected chi connectivity index (χ4v) is 2.97. The van der Waals surface area contributed by atoms with Gasteiger partial charge in [-0.05, 0) is 42.8 Å². The summed E-state index contributed by atoms with van der Waals surface area (Å²) < 4.78 is 5.96. The molecule has 25 heavy (non-hydrogen) atoms. The lowest BCUT2D eigenvalue weighted by molar-refractivity contribution is -0.122. The number of para-hydroxylation sites is 1. The van der Waals surface area contributed by atoms with Crippen molar-refractivity contribution < 1.29 is 9.53 Å². The molecule has 128 valence electrons. The number of hydrogen-bond acceptors (Lipinski definition) is 2. The van der Waals surface area contributed by atoms with Crippen LogP contribution in [0.15, 0.2) is 60.7 Å². The Labute approximate surface area is 148 Å². The van der Waals surface area contributed by atoms with Crippen molar-refractivity contribution in [3.8, 4) is 5.75 Å². The number of hydrogen-bond donors (Lipinski definition) is 1. The fourth-order valence-electron chi connectivity index (χ4n) is 2.97. The number of fused-ring (bicyclic) bond motifs is 1. The van der Waals surface area contributed by atoms with Crippen LogP contribution in [0.3, 0.4) is 0 Å². The molecular weight excluding hydrogens is 310 g/mol. The summed E-state index contributed by atoms with van der Waals surface area (Å²) in [6, 6.07) is 19.9. The minimum absolute atomic E-state index is 0.142. The van der Waals surface area contributed by atoms with Crippen LogP contribution >= 0.6 is 0 Å². The Morgan fingerprint density at radius 2 is 1.76 bits per heavy atom. The molecule has 0 radical (unpaired) electrons. The van der Waals surface area contributed by atoms with Gasteiger partial charge in [-0.15, -0.1) is 0 Å². The highest BCUT2D eigenvalue weighted by Gasteiger charge is 2.18. The first-order valence-electron chi connectivity index (χ1n) is 8.64. The van der Waals surface area contributed by atoms with Crippen molar-refractivity contribution in [3.63, 3.8) is 0 Å². The van der Waals surface area contributed by atoms with E-state index < -0.39 is 6.10 Å². The molecule has 0 saturated heterocycles. The smallest absolute Gasteiger partial charge is 0.265 e. The Bertz CT molecular complexity index is 896. The van der Waals surface area contributed by atoms with Crippen molar-refractivity contribution in [2.45, 2.75) is 33.3 Å². The van der Waals surface area contributed by atoms with Gasteiger partial charge in [-0.3, -0.25) is 4.79 Å². The van der Waals surface area contributed by atoms with Gasteiger partial charge in [0.05, 0.1) is 0 Å². The second kappa shape index (κ2) is 7.39. The van der Waals surface area contributed by atoms with Crippen LogP contribution in [0.25, 0.3) is 10.8 Å². The number of nitrogens with one attached hydrogen (secondary N) is 1. The van der Waals surface area contributed by atoms with Gasteiger partial charge in [0.2, 0.25) is 0 Å². The zero-order valence-corrected chi connectivity index (χ0v) is 14.9. The van der Waals surface area contributed by atoms with Gasteiger partial charge in [0.25, 0.3) is 5.91 Å². The number of carbonyl (C=O) groups excluding carboxylic acids is 1. The third kappa shape index (κ3) is 3.66. The van der Waals surface area contributed by atoms with Crippen LogP contribution in [0.2, 0.25) is 0 Å². The van der Waals surface area contributed by atoms with Crippen LogP contribution in [0, 0.1) is 6.92 Å². The van der Waals surface area contributed by atoms with Crippen LogP contribution in [-0.4, -0.2) is 12.0 Å². The van der Waals surface area contributed by atoms with Gasteiger partial charge in [0.15, 0.2) is 6.10 Å². The van der Waals surface area contributed by atoms with Gasteiger partial charge in [-0.2, -0.15) is 0 Å². The molecule has 0 spiro atoms. The number of carbonyl (C=O) groups is 1. The van der Waals surface area contributed by atoms with E-state index in [2.05, 4.69) is 12.2 Å². The molecule has 3 aromatic rings. The van der Waals surface area contributed by atoms with Crippen molar-refractivity contribution in [1.29, 1.82) is 0 Å². The van der Waals surface area contributed by atoms with E-state index in [0.29, 0.717) is 0 Å². The molecule has 1 N–H and O–H groups in total. The zero-order valence-electron chi connectivity index (χ0n) is 14.9. The van der Waals surface area contributed by atoms with Gasteiger partial charge >= 0.3 is 0 Å². The summed E-state index contributed by atoms with van der Waals surface area (Å²) in [5.41, 5.74) is 3.08. The van der Waals surface area contributed by atoms with E-state index in [1.165, 1.54) is 0 Å². The number of ether oxygens (including phenoxy) is 1. The molecule has 0 fully saturated rings. The largest absolute Gasteiger partial charge is 0.480 e. The highest BCUT2D eigenvalue weighted by Crippen LogP contribution is 2.27. The highest BCUT2D eigenvalue weighted by molar-refractivity contribution is 5.96. The summed E-state index contributed by atoms with van der Waals surface area (Å²) in [5, 5.41) is 5.14. The molecule has 0 aliphatic carbocycles. The molecule has 3 rings (SSSR count). The molecule has 0 aliphatic heterocycles. The van der Waals surface area contributed by atoms with E-state index in [0.717, 1.165) is 39.8 Å². The number of rotatable bonds is 5. The van der Waals surface area contributed by atoms with Gasteiger partial charge in [0, 0.05) is 11.1 Å². The maximum atomic E-state index is 12.6. The highest BCUT2D eigenvalue weighted by atomic mass is 16.5. The summed E-state index contributed by atoms with van der Waals surface area (Å²) in [5.74, 6) is 0.582. The minimum Gasteiger partial charge on any atom is -0.480 e. The summed E-state index contributed by atoms with van der Waals surface area (Å²) in [6.07, 6.45) is 0.283. The fraction of sp³-hybridized carbons (Fsp3) is 0.227. The van der Waals surface area contributed by atoms with E-state index in [9.17, 15) is 4.79 Å². The molecule has 1 unspecified atom stereocenters. The van der Waals surface area contributed by atoms with Crippen LogP contribution in [0.5, 0.6) is 5.75 Å². The molecule has 3 heteroatoms. The maximum absolute atomic E-state index is 12.6. The van der Waals surface area contributed by atoms with E-state index >= 15 is 0 Å². The second-order valence-corrected chi connectivity index (χ2v) is 6.19. The van der Waals surface area contributed by atoms with Crippen molar-refractivity contribution in [2.75, 3.05) is 5.32 Å². The van der Waals surface area contributed by atoms with Gasteiger partial charge < -0.3 is 10.1 Å². The molecule has 0 heterocycles. The Balaban J connectivity index is 1.79. The number of amides is 1. The molecule has 0 bridgehead atoms. The Hall–Kier alpha value is -2.81. The van der Waals surface area contributed by atoms with Crippen LogP contribution in [0.1, 0.15) is 25.0 Å². The lowest BCUT2D eigenvalue weighted by Crippen LogP contribution is -2.30. The van der Waals surface area contributed by atoms with Gasteiger partial charge in [0.1, 0.15) is 5.75 Å². The topological polar surface area (TPSA) is 38.3 Å². The summed E-state index contributed by atoms with van der Waals surface area (Å²) >= 11 is 0. The van der Waals surface area contributed by atoms with Crippen LogP contribution in [0.4, 0.5) is 5.69 Å². The summed E-state index contributed by atoms with van der Waals surface area (Å²) in [4.78, 5) is 12.6. The molecule has 0 aliphatic rings. The molecule has 1 atom stereocenters. The van der Waals surface area contributed by atoms with Crippen molar-refractivity contribution in [2.24, 2.45) is 0 Å². The van der Waals surface area contributed by atoms with Crippen molar-refractivity contribution >= 4 is 22.4 Å². The minimum atomic E-state index is -0.588. The average molecular weight is 333 g/mol. The van der Waals surface area contributed by atoms with E-state index in [1.54, 1.807) is 6.92 Å². The van der Waals surface area contributed by atoms with E-state index in [4.69, 9.17) is 4.74 Å².